The molecule has 0 saturated carbocycles. The van der Waals surface area contributed by atoms with E-state index in [0.29, 0.717) is 11.4 Å². The maximum absolute atomic E-state index is 11.6. The van der Waals surface area contributed by atoms with Gasteiger partial charge in [-0.25, -0.2) is 4.79 Å². The van der Waals surface area contributed by atoms with Crippen molar-refractivity contribution in [2.45, 2.75) is 26.4 Å². The van der Waals surface area contributed by atoms with Gasteiger partial charge >= 0.3 is 6.09 Å². The van der Waals surface area contributed by atoms with Gasteiger partial charge in [0, 0.05) is 0 Å². The fourth-order valence-corrected chi connectivity index (χ4v) is 1.38. The molecule has 0 aliphatic rings. The second-order valence-corrected chi connectivity index (χ2v) is 4.65. The highest BCUT2D eigenvalue weighted by atomic mass is 16.6. The molecule has 17 heavy (non-hydrogen) atoms. The highest BCUT2D eigenvalue weighted by molar-refractivity contribution is 5.96. The Bertz CT molecular complexity index is 540. The van der Waals surface area contributed by atoms with Gasteiger partial charge in [0.2, 0.25) is 0 Å². The van der Waals surface area contributed by atoms with E-state index >= 15 is 0 Å². The van der Waals surface area contributed by atoms with E-state index in [1.165, 1.54) is 0 Å². The zero-order valence-electron chi connectivity index (χ0n) is 9.98. The number of nitrogens with zero attached hydrogens (tertiary/aromatic N) is 1. The zero-order chi connectivity index (χ0) is 12.5. The number of rotatable bonds is 1. The first-order chi connectivity index (χ1) is 7.96. The first-order valence-electron chi connectivity index (χ1n) is 5.30. The van der Waals surface area contributed by atoms with E-state index in [0.717, 1.165) is 5.39 Å². The number of hydrogen-bond donors (Lipinski definition) is 1. The van der Waals surface area contributed by atoms with Crippen LogP contribution in [0.3, 0.4) is 0 Å². The number of aromatic nitrogens is 1. The summed E-state index contributed by atoms with van der Waals surface area (Å²) in [5, 5.41) is 7.08. The molecule has 0 aliphatic heterocycles. The highest BCUT2D eigenvalue weighted by Crippen LogP contribution is 2.22. The maximum Gasteiger partial charge on any atom is 0.413 e. The van der Waals surface area contributed by atoms with Crippen molar-refractivity contribution in [2.24, 2.45) is 0 Å². The lowest BCUT2D eigenvalue weighted by Gasteiger charge is -2.18. The predicted molar refractivity (Wildman–Crippen MR) is 63.9 cm³/mol. The third-order valence-corrected chi connectivity index (χ3v) is 2.00. The number of carbonyl (C=O) groups is 1. The maximum atomic E-state index is 11.6. The van der Waals surface area contributed by atoms with Gasteiger partial charge in [-0.1, -0.05) is 17.3 Å². The third-order valence-electron chi connectivity index (χ3n) is 2.00. The molecule has 1 aromatic carbocycles. The number of anilines is 1. The SMILES string of the molecule is CC(C)(C)OC(=O)Nc1noc2ccccc12. The number of fused-ring (bicyclic) bond motifs is 1. The van der Waals surface area contributed by atoms with Gasteiger partial charge in [0.1, 0.15) is 5.60 Å². The molecule has 0 spiro atoms. The Morgan fingerprint density at radius 1 is 1.35 bits per heavy atom. The minimum atomic E-state index is -0.545. The molecule has 0 fully saturated rings. The fraction of sp³-hybridized carbons (Fsp3) is 0.333. The van der Waals surface area contributed by atoms with Crippen LogP contribution in [0, 0.1) is 0 Å². The molecular weight excluding hydrogens is 220 g/mol. The Morgan fingerprint density at radius 3 is 2.76 bits per heavy atom. The van der Waals surface area contributed by atoms with Gasteiger partial charge in [0.25, 0.3) is 0 Å². The molecule has 5 nitrogen and oxygen atoms in total. The molecule has 1 aromatic heterocycles. The molecule has 0 radical (unpaired) electrons. The van der Waals surface area contributed by atoms with Crippen molar-refractivity contribution in [3.8, 4) is 0 Å². The summed E-state index contributed by atoms with van der Waals surface area (Å²) in [6, 6.07) is 7.28. The van der Waals surface area contributed by atoms with Crippen LogP contribution < -0.4 is 5.32 Å². The summed E-state index contributed by atoms with van der Waals surface area (Å²) in [5.74, 6) is 0.370. The Balaban J connectivity index is 2.16. The van der Waals surface area contributed by atoms with E-state index in [1.54, 1.807) is 26.8 Å². The van der Waals surface area contributed by atoms with Crippen LogP contribution >= 0.6 is 0 Å². The second-order valence-electron chi connectivity index (χ2n) is 4.65. The van der Waals surface area contributed by atoms with Crippen molar-refractivity contribution in [1.82, 2.24) is 5.16 Å². The normalized spacial score (nSPS) is 11.5. The van der Waals surface area contributed by atoms with Crippen LogP contribution in [-0.2, 0) is 4.74 Å². The van der Waals surface area contributed by atoms with Crippen molar-refractivity contribution in [3.05, 3.63) is 24.3 Å². The lowest BCUT2D eigenvalue weighted by Crippen LogP contribution is -2.27. The van der Waals surface area contributed by atoms with E-state index in [1.807, 2.05) is 18.2 Å². The molecule has 0 aliphatic carbocycles. The predicted octanol–water partition coefficient (Wildman–Crippen LogP) is 3.17. The summed E-state index contributed by atoms with van der Waals surface area (Å²) in [4.78, 5) is 11.6. The number of ether oxygens (including phenoxy) is 1. The van der Waals surface area contributed by atoms with E-state index in [-0.39, 0.29) is 0 Å². The number of nitrogens with one attached hydrogen (secondary N) is 1. The summed E-state index contributed by atoms with van der Waals surface area (Å²) in [5.41, 5.74) is 0.0856. The molecule has 1 amide bonds. The monoisotopic (exact) mass is 234 g/mol. The summed E-state index contributed by atoms with van der Waals surface area (Å²) < 4.78 is 10.2. The average Bonchev–Trinajstić information content (AvgIpc) is 2.59. The fourth-order valence-electron chi connectivity index (χ4n) is 1.38. The first kappa shape index (κ1) is 11.4. The van der Waals surface area contributed by atoms with Crippen LogP contribution in [-0.4, -0.2) is 16.9 Å². The molecule has 1 N–H and O–H groups in total. The van der Waals surface area contributed by atoms with Gasteiger partial charge in [-0.15, -0.1) is 0 Å². The van der Waals surface area contributed by atoms with Crippen LogP contribution in [0.15, 0.2) is 28.8 Å². The molecule has 0 saturated heterocycles. The van der Waals surface area contributed by atoms with Crippen LogP contribution in [0.5, 0.6) is 0 Å². The van der Waals surface area contributed by atoms with E-state index in [9.17, 15) is 4.79 Å². The van der Waals surface area contributed by atoms with Crippen LogP contribution in [0.2, 0.25) is 0 Å². The molecule has 1 heterocycles. The second kappa shape index (κ2) is 4.08. The van der Waals surface area contributed by atoms with Crippen molar-refractivity contribution in [2.75, 3.05) is 5.32 Å². The number of amides is 1. The molecule has 2 aromatic rings. The smallest absolute Gasteiger partial charge is 0.413 e. The Kier molecular flexibility index (Phi) is 2.75. The first-order valence-corrected chi connectivity index (χ1v) is 5.30. The largest absolute Gasteiger partial charge is 0.444 e. The number of benzene rings is 1. The Labute approximate surface area is 98.7 Å². The Morgan fingerprint density at radius 2 is 2.06 bits per heavy atom. The molecule has 90 valence electrons. The molecule has 0 atom stereocenters. The van der Waals surface area contributed by atoms with Crippen LogP contribution in [0.4, 0.5) is 10.6 Å². The summed E-state index contributed by atoms with van der Waals surface area (Å²) in [7, 11) is 0. The van der Waals surface area contributed by atoms with Crippen molar-refractivity contribution >= 4 is 22.9 Å². The van der Waals surface area contributed by atoms with Gasteiger partial charge in [-0.2, -0.15) is 0 Å². The van der Waals surface area contributed by atoms with Gasteiger partial charge in [-0.3, -0.25) is 5.32 Å². The number of para-hydroxylation sites is 1. The summed E-state index contributed by atoms with van der Waals surface area (Å²) in [6.45, 7) is 5.40. The quantitative estimate of drug-likeness (QED) is 0.823. The molecular formula is C12H14N2O3. The van der Waals surface area contributed by atoms with E-state index in [2.05, 4.69) is 10.5 Å². The average molecular weight is 234 g/mol. The topological polar surface area (TPSA) is 64.4 Å². The summed E-state index contributed by atoms with van der Waals surface area (Å²) >= 11 is 0. The van der Waals surface area contributed by atoms with Gasteiger partial charge in [0.15, 0.2) is 11.4 Å². The molecule has 0 unspecified atom stereocenters. The lowest BCUT2D eigenvalue weighted by atomic mass is 10.2. The van der Waals surface area contributed by atoms with Crippen LogP contribution in [0.25, 0.3) is 11.0 Å². The number of hydrogen-bond acceptors (Lipinski definition) is 4. The van der Waals surface area contributed by atoms with E-state index in [4.69, 9.17) is 9.26 Å². The van der Waals surface area contributed by atoms with Gasteiger partial charge in [0.05, 0.1) is 5.39 Å². The van der Waals surface area contributed by atoms with Crippen molar-refractivity contribution in [1.29, 1.82) is 0 Å². The molecule has 5 heteroatoms. The standard InChI is InChI=1S/C12H14N2O3/c1-12(2,3)16-11(15)13-10-8-6-4-5-7-9(8)17-14-10/h4-7H,1-3H3,(H,13,14,15). The zero-order valence-corrected chi connectivity index (χ0v) is 9.98. The summed E-state index contributed by atoms with van der Waals surface area (Å²) in [6.07, 6.45) is -0.545. The minimum Gasteiger partial charge on any atom is -0.444 e. The molecule has 2 rings (SSSR count). The highest BCUT2D eigenvalue weighted by Gasteiger charge is 2.18. The van der Waals surface area contributed by atoms with Gasteiger partial charge < -0.3 is 9.26 Å². The molecule has 0 bridgehead atoms. The van der Waals surface area contributed by atoms with E-state index < -0.39 is 11.7 Å². The lowest BCUT2D eigenvalue weighted by molar-refractivity contribution is 0.0635. The van der Waals surface area contributed by atoms with Crippen molar-refractivity contribution in [3.63, 3.8) is 0 Å². The van der Waals surface area contributed by atoms with Gasteiger partial charge in [-0.05, 0) is 32.9 Å². The van der Waals surface area contributed by atoms with Crippen molar-refractivity contribution < 1.29 is 14.1 Å². The minimum absolute atomic E-state index is 0.370. The Hall–Kier alpha value is -2.04. The number of carbonyl (C=O) groups excluding carboxylic acids is 1. The third kappa shape index (κ3) is 2.75. The van der Waals surface area contributed by atoms with Crippen LogP contribution in [0.1, 0.15) is 20.8 Å².